The minimum absolute atomic E-state index is 0.215. The number of carbonyl (C=O) groups is 1. The molecule has 27 heavy (non-hydrogen) atoms. The molecule has 1 aromatic carbocycles. The molecule has 1 amide bonds. The Morgan fingerprint density at radius 3 is 2.59 bits per heavy atom. The first-order chi connectivity index (χ1) is 12.9. The van der Waals surface area contributed by atoms with E-state index < -0.39 is 20.5 Å². The molecule has 0 radical (unpaired) electrons. The van der Waals surface area contributed by atoms with Crippen molar-refractivity contribution in [1.82, 2.24) is 9.97 Å². The summed E-state index contributed by atoms with van der Waals surface area (Å²) in [5.74, 6) is -3.26. The molecule has 0 bridgehead atoms. The average Bonchev–Trinajstić information content (AvgIpc) is 2.69. The number of benzene rings is 1. The molecule has 0 unspecified atom stereocenters. The number of rotatable bonds is 5. The zero-order valence-electron chi connectivity index (χ0n) is 14.3. The van der Waals surface area contributed by atoms with Gasteiger partial charge in [-0.1, -0.05) is 0 Å². The van der Waals surface area contributed by atoms with E-state index in [1.54, 1.807) is 18.6 Å². The summed E-state index contributed by atoms with van der Waals surface area (Å²) in [6.07, 6.45) is 6.34. The highest BCUT2D eigenvalue weighted by molar-refractivity contribution is 7.91. The third-order valence-corrected chi connectivity index (χ3v) is 5.75. The summed E-state index contributed by atoms with van der Waals surface area (Å²) in [6.45, 7) is 1.27. The van der Waals surface area contributed by atoms with Crippen molar-refractivity contribution >= 4 is 27.2 Å². The fourth-order valence-corrected chi connectivity index (χ4v) is 3.65. The Bertz CT molecular complexity index is 892. The minimum atomic E-state index is -4.65. The Morgan fingerprint density at radius 2 is 1.96 bits per heavy atom. The second-order valence-corrected chi connectivity index (χ2v) is 8.09. The molecule has 1 aliphatic rings. The summed E-state index contributed by atoms with van der Waals surface area (Å²) in [5.41, 5.74) is 0.352. The first-order valence-corrected chi connectivity index (χ1v) is 9.86. The predicted octanol–water partition coefficient (Wildman–Crippen LogP) is 2.33. The number of nitrogens with zero attached hydrogens (tertiary/aromatic N) is 3. The van der Waals surface area contributed by atoms with Gasteiger partial charge in [-0.05, 0) is 37.1 Å². The summed E-state index contributed by atoms with van der Waals surface area (Å²) in [5, 5.41) is 2.71. The van der Waals surface area contributed by atoms with Crippen LogP contribution in [0.2, 0.25) is 0 Å². The van der Waals surface area contributed by atoms with E-state index in [2.05, 4.69) is 15.3 Å². The molecular weight excluding hydrogens is 378 g/mol. The molecule has 0 spiro atoms. The third kappa shape index (κ3) is 4.38. The molecule has 1 N–H and O–H groups in total. The van der Waals surface area contributed by atoms with Crippen LogP contribution in [0.25, 0.3) is 0 Å². The third-order valence-electron chi connectivity index (χ3n) is 4.35. The van der Waals surface area contributed by atoms with Gasteiger partial charge in [-0.15, -0.1) is 0 Å². The average molecular weight is 396 g/mol. The second kappa shape index (κ2) is 7.95. The Balaban J connectivity index is 1.65. The molecule has 3 rings (SSSR count). The number of alkyl halides is 2. The molecule has 1 aromatic heterocycles. The van der Waals surface area contributed by atoms with Crippen molar-refractivity contribution < 1.29 is 22.0 Å². The van der Waals surface area contributed by atoms with Crippen molar-refractivity contribution in [2.24, 2.45) is 5.92 Å². The van der Waals surface area contributed by atoms with E-state index in [0.717, 1.165) is 25.1 Å². The molecule has 1 fully saturated rings. The number of nitrogens with one attached hydrogen (secondary N) is 1. The maximum Gasteiger partial charge on any atom is 0.341 e. The number of hydrogen-bond donors (Lipinski definition) is 1. The lowest BCUT2D eigenvalue weighted by atomic mass is 9.97. The SMILES string of the molecule is O=C(Nc1ccc(S(=O)(=O)C(F)F)cc1)[C@@H]1CCCN(c2cnccn2)C1. The summed E-state index contributed by atoms with van der Waals surface area (Å²) in [4.78, 5) is 22.3. The maximum atomic E-state index is 12.6. The highest BCUT2D eigenvalue weighted by Gasteiger charge is 2.28. The van der Waals surface area contributed by atoms with Crippen LogP contribution in [0.15, 0.2) is 47.8 Å². The maximum absolute atomic E-state index is 12.6. The van der Waals surface area contributed by atoms with Gasteiger partial charge < -0.3 is 10.2 Å². The first kappa shape index (κ1) is 19.2. The van der Waals surface area contributed by atoms with Gasteiger partial charge >= 0.3 is 5.76 Å². The molecular formula is C17H18F2N4O3S. The lowest BCUT2D eigenvalue weighted by molar-refractivity contribution is -0.120. The molecule has 1 atom stereocenters. The number of amides is 1. The van der Waals surface area contributed by atoms with Gasteiger partial charge in [-0.3, -0.25) is 9.78 Å². The topological polar surface area (TPSA) is 92.3 Å². The second-order valence-electron chi connectivity index (χ2n) is 6.17. The van der Waals surface area contributed by atoms with Gasteiger partial charge in [0.25, 0.3) is 0 Å². The van der Waals surface area contributed by atoms with E-state index in [4.69, 9.17) is 0 Å². The van der Waals surface area contributed by atoms with Gasteiger partial charge in [0, 0.05) is 31.2 Å². The normalized spacial score (nSPS) is 17.7. The van der Waals surface area contributed by atoms with Crippen LogP contribution in [0, 0.1) is 5.92 Å². The van der Waals surface area contributed by atoms with Crippen LogP contribution >= 0.6 is 0 Å². The lowest BCUT2D eigenvalue weighted by Gasteiger charge is -2.32. The number of aromatic nitrogens is 2. The molecule has 2 heterocycles. The smallest absolute Gasteiger partial charge is 0.341 e. The van der Waals surface area contributed by atoms with Crippen LogP contribution < -0.4 is 10.2 Å². The van der Waals surface area contributed by atoms with Crippen molar-refractivity contribution in [1.29, 1.82) is 0 Å². The summed E-state index contributed by atoms with van der Waals surface area (Å²) in [7, 11) is -4.65. The van der Waals surface area contributed by atoms with Crippen LogP contribution in [0.1, 0.15) is 12.8 Å². The molecule has 7 nitrogen and oxygen atoms in total. The van der Waals surface area contributed by atoms with Gasteiger partial charge in [-0.2, -0.15) is 8.78 Å². The Hall–Kier alpha value is -2.62. The van der Waals surface area contributed by atoms with Crippen LogP contribution in [0.4, 0.5) is 20.3 Å². The van der Waals surface area contributed by atoms with Crippen molar-refractivity contribution in [3.8, 4) is 0 Å². The molecule has 0 aliphatic carbocycles. The summed E-state index contributed by atoms with van der Waals surface area (Å²) < 4.78 is 48.0. The largest absolute Gasteiger partial charge is 0.355 e. The quantitative estimate of drug-likeness (QED) is 0.834. The van der Waals surface area contributed by atoms with E-state index in [-0.39, 0.29) is 11.8 Å². The molecule has 144 valence electrons. The standard InChI is InChI=1S/C17H18F2N4O3S/c18-17(19)27(25,26)14-5-3-13(4-6-14)22-16(24)12-2-1-9-23(11-12)15-10-20-7-8-21-15/h3-8,10,12,17H,1-2,9,11H2,(H,22,24)/t12-/m1/s1. The van der Waals surface area contributed by atoms with Crippen molar-refractivity contribution in [3.63, 3.8) is 0 Å². The first-order valence-electron chi connectivity index (χ1n) is 8.32. The molecule has 1 saturated heterocycles. The van der Waals surface area contributed by atoms with Crippen molar-refractivity contribution in [2.75, 3.05) is 23.3 Å². The van der Waals surface area contributed by atoms with Crippen LogP contribution in [0.5, 0.6) is 0 Å². The summed E-state index contributed by atoms with van der Waals surface area (Å²) >= 11 is 0. The van der Waals surface area contributed by atoms with Crippen LogP contribution in [0.3, 0.4) is 0 Å². The number of halogens is 2. The van der Waals surface area contributed by atoms with Gasteiger partial charge in [0.2, 0.25) is 15.7 Å². The highest BCUT2D eigenvalue weighted by atomic mass is 32.2. The fraction of sp³-hybridized carbons (Fsp3) is 0.353. The fourth-order valence-electron chi connectivity index (χ4n) is 2.93. The van der Waals surface area contributed by atoms with Crippen LogP contribution in [-0.4, -0.2) is 43.1 Å². The van der Waals surface area contributed by atoms with Crippen LogP contribution in [-0.2, 0) is 14.6 Å². The Labute approximate surface area is 155 Å². The van der Waals surface area contributed by atoms with E-state index in [1.807, 2.05) is 4.90 Å². The van der Waals surface area contributed by atoms with E-state index in [1.165, 1.54) is 12.1 Å². The molecule has 10 heteroatoms. The van der Waals surface area contributed by atoms with Gasteiger partial charge in [-0.25, -0.2) is 13.4 Å². The Kier molecular flexibility index (Phi) is 5.64. The van der Waals surface area contributed by atoms with Gasteiger partial charge in [0.1, 0.15) is 5.82 Å². The van der Waals surface area contributed by atoms with Gasteiger partial charge in [0.15, 0.2) is 0 Å². The number of piperidine rings is 1. The van der Waals surface area contributed by atoms with E-state index in [9.17, 15) is 22.0 Å². The summed E-state index contributed by atoms with van der Waals surface area (Å²) in [6, 6.07) is 4.72. The lowest BCUT2D eigenvalue weighted by Crippen LogP contribution is -2.41. The number of sulfone groups is 1. The highest BCUT2D eigenvalue weighted by Crippen LogP contribution is 2.24. The Morgan fingerprint density at radius 1 is 1.22 bits per heavy atom. The zero-order chi connectivity index (χ0) is 19.4. The zero-order valence-corrected chi connectivity index (χ0v) is 15.1. The van der Waals surface area contributed by atoms with Crippen molar-refractivity contribution in [3.05, 3.63) is 42.9 Å². The van der Waals surface area contributed by atoms with E-state index in [0.29, 0.717) is 24.5 Å². The van der Waals surface area contributed by atoms with Gasteiger partial charge in [0.05, 0.1) is 17.0 Å². The van der Waals surface area contributed by atoms with E-state index >= 15 is 0 Å². The minimum Gasteiger partial charge on any atom is -0.355 e. The number of carbonyl (C=O) groups excluding carboxylic acids is 1. The molecule has 0 saturated carbocycles. The molecule has 1 aliphatic heterocycles. The number of anilines is 2. The van der Waals surface area contributed by atoms with Crippen molar-refractivity contribution in [2.45, 2.75) is 23.5 Å². The predicted molar refractivity (Wildman–Crippen MR) is 95.2 cm³/mol. The molecule has 2 aromatic rings. The monoisotopic (exact) mass is 396 g/mol. The number of hydrogen-bond acceptors (Lipinski definition) is 6.